The lowest BCUT2D eigenvalue weighted by molar-refractivity contribution is 0.439. The van der Waals surface area contributed by atoms with Crippen LogP contribution in [0.2, 0.25) is 0 Å². The molecular formula is C17H19N3O. The largest absolute Gasteiger partial charge is 0.469 e. The molecule has 21 heavy (non-hydrogen) atoms. The first-order valence-corrected chi connectivity index (χ1v) is 7.10. The molecule has 2 heterocycles. The van der Waals surface area contributed by atoms with Crippen molar-refractivity contribution in [1.82, 2.24) is 9.55 Å². The Labute approximate surface area is 124 Å². The van der Waals surface area contributed by atoms with Gasteiger partial charge in [-0.25, -0.2) is 4.98 Å². The number of aromatic nitrogens is 2. The Morgan fingerprint density at radius 3 is 2.71 bits per heavy atom. The Morgan fingerprint density at radius 2 is 2.00 bits per heavy atom. The number of imidazole rings is 1. The van der Waals surface area contributed by atoms with E-state index in [1.54, 1.807) is 6.26 Å². The molecule has 108 valence electrons. The first-order chi connectivity index (χ1) is 10.3. The van der Waals surface area contributed by atoms with Gasteiger partial charge in [0, 0.05) is 12.5 Å². The standard InChI is InChI=1S/C17H19N3O/c1-13(10-15-8-5-9-21-15)20-12-19-11-16(20)17(18)14-6-3-2-4-7-14/h2-9,11-13,17H,10,18H2,1H3. The van der Waals surface area contributed by atoms with E-state index in [-0.39, 0.29) is 12.1 Å². The van der Waals surface area contributed by atoms with Crippen molar-refractivity contribution < 1.29 is 4.42 Å². The summed E-state index contributed by atoms with van der Waals surface area (Å²) >= 11 is 0. The summed E-state index contributed by atoms with van der Waals surface area (Å²) in [4.78, 5) is 4.27. The van der Waals surface area contributed by atoms with Gasteiger partial charge in [-0.3, -0.25) is 0 Å². The van der Waals surface area contributed by atoms with Crippen molar-refractivity contribution in [3.63, 3.8) is 0 Å². The zero-order valence-corrected chi connectivity index (χ0v) is 12.0. The van der Waals surface area contributed by atoms with E-state index >= 15 is 0 Å². The van der Waals surface area contributed by atoms with Crippen molar-refractivity contribution >= 4 is 0 Å². The van der Waals surface area contributed by atoms with Gasteiger partial charge in [0.05, 0.1) is 30.5 Å². The van der Waals surface area contributed by atoms with Crippen molar-refractivity contribution in [2.75, 3.05) is 0 Å². The van der Waals surface area contributed by atoms with E-state index < -0.39 is 0 Å². The van der Waals surface area contributed by atoms with Gasteiger partial charge in [0.15, 0.2) is 0 Å². The number of hydrogen-bond donors (Lipinski definition) is 1. The molecular weight excluding hydrogens is 262 g/mol. The summed E-state index contributed by atoms with van der Waals surface area (Å²) in [5.74, 6) is 0.968. The second-order valence-electron chi connectivity index (χ2n) is 5.25. The van der Waals surface area contributed by atoms with Gasteiger partial charge in [-0.2, -0.15) is 0 Å². The number of nitrogens with zero attached hydrogens (tertiary/aromatic N) is 2. The van der Waals surface area contributed by atoms with E-state index in [0.717, 1.165) is 23.4 Å². The second-order valence-corrected chi connectivity index (χ2v) is 5.25. The predicted molar refractivity (Wildman–Crippen MR) is 81.8 cm³/mol. The van der Waals surface area contributed by atoms with Crippen LogP contribution >= 0.6 is 0 Å². The van der Waals surface area contributed by atoms with Crippen LogP contribution < -0.4 is 5.73 Å². The Kier molecular flexibility index (Phi) is 3.88. The predicted octanol–water partition coefficient (Wildman–Crippen LogP) is 3.33. The van der Waals surface area contributed by atoms with Crippen LogP contribution in [-0.4, -0.2) is 9.55 Å². The third kappa shape index (κ3) is 2.90. The molecule has 0 aliphatic carbocycles. The van der Waals surface area contributed by atoms with Gasteiger partial charge in [0.2, 0.25) is 0 Å². The average Bonchev–Trinajstić information content (AvgIpc) is 3.18. The fourth-order valence-corrected chi connectivity index (χ4v) is 2.57. The molecule has 2 atom stereocenters. The molecule has 0 radical (unpaired) electrons. The summed E-state index contributed by atoms with van der Waals surface area (Å²) in [5.41, 5.74) is 8.49. The minimum atomic E-state index is -0.173. The molecule has 2 aromatic heterocycles. The van der Waals surface area contributed by atoms with Crippen LogP contribution in [0.4, 0.5) is 0 Å². The van der Waals surface area contributed by atoms with Gasteiger partial charge in [0.1, 0.15) is 5.76 Å². The van der Waals surface area contributed by atoms with E-state index in [1.165, 1.54) is 0 Å². The van der Waals surface area contributed by atoms with Crippen molar-refractivity contribution in [1.29, 1.82) is 0 Å². The van der Waals surface area contributed by atoms with Crippen molar-refractivity contribution in [3.05, 3.63) is 78.3 Å². The third-order valence-corrected chi connectivity index (χ3v) is 3.72. The third-order valence-electron chi connectivity index (χ3n) is 3.72. The van der Waals surface area contributed by atoms with Crippen molar-refractivity contribution in [3.8, 4) is 0 Å². The lowest BCUT2D eigenvalue weighted by atomic mass is 10.0. The monoisotopic (exact) mass is 281 g/mol. The summed E-state index contributed by atoms with van der Waals surface area (Å²) in [6, 6.07) is 14.0. The van der Waals surface area contributed by atoms with E-state index in [4.69, 9.17) is 10.2 Å². The minimum Gasteiger partial charge on any atom is -0.469 e. The molecule has 2 unspecified atom stereocenters. The van der Waals surface area contributed by atoms with E-state index in [9.17, 15) is 0 Å². The summed E-state index contributed by atoms with van der Waals surface area (Å²) in [6.07, 6.45) is 6.20. The van der Waals surface area contributed by atoms with Crippen LogP contribution in [0.15, 0.2) is 65.7 Å². The van der Waals surface area contributed by atoms with Crippen LogP contribution in [0.1, 0.15) is 36.0 Å². The lowest BCUT2D eigenvalue weighted by Gasteiger charge is -2.19. The summed E-state index contributed by atoms with van der Waals surface area (Å²) in [6.45, 7) is 2.14. The molecule has 4 nitrogen and oxygen atoms in total. The second kappa shape index (κ2) is 5.97. The molecule has 1 aromatic carbocycles. The molecule has 0 spiro atoms. The van der Waals surface area contributed by atoms with Crippen LogP contribution in [-0.2, 0) is 6.42 Å². The molecule has 0 aliphatic heterocycles. The fraction of sp³-hybridized carbons (Fsp3) is 0.235. The van der Waals surface area contributed by atoms with Crippen LogP contribution in [0.25, 0.3) is 0 Å². The first kappa shape index (κ1) is 13.6. The molecule has 0 saturated carbocycles. The highest BCUT2D eigenvalue weighted by Gasteiger charge is 2.17. The van der Waals surface area contributed by atoms with Gasteiger partial charge in [-0.15, -0.1) is 0 Å². The molecule has 0 aliphatic rings. The Morgan fingerprint density at radius 1 is 1.19 bits per heavy atom. The maximum atomic E-state index is 6.39. The molecule has 0 bridgehead atoms. The number of hydrogen-bond acceptors (Lipinski definition) is 3. The first-order valence-electron chi connectivity index (χ1n) is 7.10. The van der Waals surface area contributed by atoms with Crippen LogP contribution in [0.5, 0.6) is 0 Å². The highest BCUT2D eigenvalue weighted by molar-refractivity contribution is 5.26. The van der Waals surface area contributed by atoms with E-state index in [1.807, 2.05) is 55.0 Å². The highest BCUT2D eigenvalue weighted by Crippen LogP contribution is 2.23. The van der Waals surface area contributed by atoms with Gasteiger partial charge in [-0.05, 0) is 24.6 Å². The molecule has 0 fully saturated rings. The maximum absolute atomic E-state index is 6.39. The highest BCUT2D eigenvalue weighted by atomic mass is 16.3. The number of nitrogens with two attached hydrogens (primary N) is 1. The number of rotatable bonds is 5. The normalized spacial score (nSPS) is 14.0. The number of furan rings is 1. The zero-order valence-electron chi connectivity index (χ0n) is 12.0. The van der Waals surface area contributed by atoms with Crippen LogP contribution in [0.3, 0.4) is 0 Å². The molecule has 4 heteroatoms. The minimum absolute atomic E-state index is 0.173. The van der Waals surface area contributed by atoms with Crippen LogP contribution in [0, 0.1) is 0 Å². The Balaban J connectivity index is 1.83. The van der Waals surface area contributed by atoms with Gasteiger partial charge >= 0.3 is 0 Å². The summed E-state index contributed by atoms with van der Waals surface area (Å²) in [7, 11) is 0. The van der Waals surface area contributed by atoms with Gasteiger partial charge in [-0.1, -0.05) is 30.3 Å². The lowest BCUT2D eigenvalue weighted by Crippen LogP contribution is -2.19. The summed E-state index contributed by atoms with van der Waals surface area (Å²) < 4.78 is 7.55. The Hall–Kier alpha value is -2.33. The topological polar surface area (TPSA) is 57.0 Å². The SMILES string of the molecule is CC(Cc1ccco1)n1cncc1C(N)c1ccccc1. The van der Waals surface area contributed by atoms with Crippen molar-refractivity contribution in [2.24, 2.45) is 5.73 Å². The van der Waals surface area contributed by atoms with E-state index in [2.05, 4.69) is 16.5 Å². The maximum Gasteiger partial charge on any atom is 0.105 e. The number of benzene rings is 1. The average molecular weight is 281 g/mol. The summed E-state index contributed by atoms with van der Waals surface area (Å²) in [5, 5.41) is 0. The Bertz CT molecular complexity index is 673. The fourth-order valence-electron chi connectivity index (χ4n) is 2.57. The quantitative estimate of drug-likeness (QED) is 0.780. The molecule has 3 rings (SSSR count). The smallest absolute Gasteiger partial charge is 0.105 e. The molecule has 0 amide bonds. The van der Waals surface area contributed by atoms with Gasteiger partial charge in [0.25, 0.3) is 0 Å². The zero-order chi connectivity index (χ0) is 14.7. The molecule has 0 saturated heterocycles. The van der Waals surface area contributed by atoms with Crippen molar-refractivity contribution in [2.45, 2.75) is 25.4 Å². The molecule has 3 aromatic rings. The van der Waals surface area contributed by atoms with E-state index in [0.29, 0.717) is 0 Å². The van der Waals surface area contributed by atoms with Gasteiger partial charge < -0.3 is 14.7 Å². The molecule has 2 N–H and O–H groups in total.